The van der Waals surface area contributed by atoms with Crippen molar-refractivity contribution in [1.82, 2.24) is 15.6 Å². The summed E-state index contributed by atoms with van der Waals surface area (Å²) in [6, 6.07) is 10.2. The van der Waals surface area contributed by atoms with E-state index >= 15 is 0 Å². The van der Waals surface area contributed by atoms with Crippen molar-refractivity contribution in [3.05, 3.63) is 40.9 Å². The van der Waals surface area contributed by atoms with Crippen LogP contribution in [0.25, 0.3) is 10.6 Å². The van der Waals surface area contributed by atoms with Crippen LogP contribution in [0.3, 0.4) is 0 Å². The van der Waals surface area contributed by atoms with Crippen LogP contribution in [0.1, 0.15) is 21.8 Å². The third-order valence-corrected chi connectivity index (χ3v) is 4.62. The molecule has 2 heterocycles. The van der Waals surface area contributed by atoms with Gasteiger partial charge in [0.15, 0.2) is 0 Å². The van der Waals surface area contributed by atoms with Crippen molar-refractivity contribution in [2.75, 3.05) is 13.1 Å². The van der Waals surface area contributed by atoms with Crippen molar-refractivity contribution in [2.24, 2.45) is 0 Å². The highest BCUT2D eigenvalue weighted by atomic mass is 32.1. The zero-order valence-electron chi connectivity index (χ0n) is 11.3. The lowest BCUT2D eigenvalue weighted by Gasteiger charge is -2.09. The van der Waals surface area contributed by atoms with Gasteiger partial charge in [-0.25, -0.2) is 4.98 Å². The van der Waals surface area contributed by atoms with Crippen molar-refractivity contribution in [2.45, 2.75) is 19.4 Å². The van der Waals surface area contributed by atoms with Gasteiger partial charge in [-0.05, 0) is 19.9 Å². The lowest BCUT2D eigenvalue weighted by Crippen LogP contribution is -2.36. The quantitative estimate of drug-likeness (QED) is 0.910. The zero-order chi connectivity index (χ0) is 13.9. The average Bonchev–Trinajstić information content (AvgIpc) is 3.09. The molecule has 0 saturated carbocycles. The lowest BCUT2D eigenvalue weighted by atomic mass is 10.2. The summed E-state index contributed by atoms with van der Waals surface area (Å²) in [5, 5.41) is 7.22. The van der Waals surface area contributed by atoms with Crippen LogP contribution in [-0.4, -0.2) is 30.0 Å². The highest BCUT2D eigenvalue weighted by molar-refractivity contribution is 7.17. The van der Waals surface area contributed by atoms with Gasteiger partial charge in [0.25, 0.3) is 5.91 Å². The van der Waals surface area contributed by atoms with E-state index in [4.69, 9.17) is 0 Å². The molecular formula is C15H17N3OS. The molecule has 0 aliphatic carbocycles. The number of hydrogen-bond donors (Lipinski definition) is 2. The van der Waals surface area contributed by atoms with Gasteiger partial charge in [-0.1, -0.05) is 30.3 Å². The molecule has 5 heteroatoms. The second-order valence-electron chi connectivity index (χ2n) is 4.96. The highest BCUT2D eigenvalue weighted by Crippen LogP contribution is 2.27. The van der Waals surface area contributed by atoms with Gasteiger partial charge in [-0.3, -0.25) is 4.79 Å². The molecule has 1 aromatic carbocycles. The zero-order valence-corrected chi connectivity index (χ0v) is 12.2. The minimum absolute atomic E-state index is 0.00381. The maximum atomic E-state index is 12.3. The van der Waals surface area contributed by atoms with E-state index in [1.54, 1.807) is 0 Å². The van der Waals surface area contributed by atoms with Crippen molar-refractivity contribution >= 4 is 17.2 Å². The predicted molar refractivity (Wildman–Crippen MR) is 81.0 cm³/mol. The molecule has 1 fully saturated rings. The van der Waals surface area contributed by atoms with Crippen LogP contribution in [0.4, 0.5) is 0 Å². The molecule has 0 bridgehead atoms. The monoisotopic (exact) mass is 287 g/mol. The number of carbonyl (C=O) groups excluding carboxylic acids is 1. The Kier molecular flexibility index (Phi) is 3.80. The minimum Gasteiger partial charge on any atom is -0.347 e. The second-order valence-corrected chi connectivity index (χ2v) is 5.96. The summed E-state index contributed by atoms with van der Waals surface area (Å²) in [5.74, 6) is -0.00381. The van der Waals surface area contributed by atoms with Gasteiger partial charge in [-0.2, -0.15) is 0 Å². The third kappa shape index (κ3) is 2.73. The topological polar surface area (TPSA) is 54.0 Å². The first-order chi connectivity index (χ1) is 9.74. The van der Waals surface area contributed by atoms with Gasteiger partial charge >= 0.3 is 0 Å². The molecule has 1 saturated heterocycles. The molecule has 1 atom stereocenters. The first-order valence-electron chi connectivity index (χ1n) is 6.78. The first-order valence-corrected chi connectivity index (χ1v) is 7.60. The number of aryl methyl sites for hydroxylation is 1. The summed E-state index contributed by atoms with van der Waals surface area (Å²) >= 11 is 1.46. The second kappa shape index (κ2) is 5.73. The lowest BCUT2D eigenvalue weighted by molar-refractivity contribution is 0.0943. The molecule has 3 rings (SSSR count). The number of hydrogen-bond acceptors (Lipinski definition) is 4. The van der Waals surface area contributed by atoms with Gasteiger partial charge < -0.3 is 10.6 Å². The summed E-state index contributed by atoms with van der Waals surface area (Å²) in [6.45, 7) is 3.72. The molecule has 4 nitrogen and oxygen atoms in total. The Labute approximate surface area is 122 Å². The molecule has 1 aromatic heterocycles. The van der Waals surface area contributed by atoms with Crippen molar-refractivity contribution < 1.29 is 4.79 Å². The number of nitrogens with one attached hydrogen (secondary N) is 2. The minimum atomic E-state index is -0.00381. The van der Waals surface area contributed by atoms with Gasteiger partial charge in [0.05, 0.1) is 5.69 Å². The smallest absolute Gasteiger partial charge is 0.263 e. The fourth-order valence-corrected chi connectivity index (χ4v) is 3.31. The largest absolute Gasteiger partial charge is 0.347 e. The molecule has 20 heavy (non-hydrogen) atoms. The summed E-state index contributed by atoms with van der Waals surface area (Å²) in [4.78, 5) is 17.5. The molecule has 104 valence electrons. The standard InChI is InChI=1S/C15H17N3OS/c1-10-13(14(19)18-12-7-8-16-9-12)20-15(17-10)11-5-3-2-4-6-11/h2-6,12,16H,7-9H2,1H3,(H,18,19). The van der Waals surface area contributed by atoms with E-state index in [1.165, 1.54) is 11.3 Å². The summed E-state index contributed by atoms with van der Waals surface area (Å²) in [7, 11) is 0. The number of aromatic nitrogens is 1. The molecular weight excluding hydrogens is 270 g/mol. The predicted octanol–water partition coefficient (Wildman–Crippen LogP) is 2.21. The Morgan fingerprint density at radius 2 is 2.20 bits per heavy atom. The van der Waals surface area contributed by atoms with Crippen LogP contribution in [0.2, 0.25) is 0 Å². The van der Waals surface area contributed by atoms with Crippen LogP contribution < -0.4 is 10.6 Å². The fraction of sp³-hybridized carbons (Fsp3) is 0.333. The van der Waals surface area contributed by atoms with E-state index in [1.807, 2.05) is 37.3 Å². The van der Waals surface area contributed by atoms with E-state index in [9.17, 15) is 4.79 Å². The molecule has 0 radical (unpaired) electrons. The SMILES string of the molecule is Cc1nc(-c2ccccc2)sc1C(=O)NC1CCNC1. The molecule has 2 N–H and O–H groups in total. The van der Waals surface area contributed by atoms with Crippen LogP contribution in [0, 0.1) is 6.92 Å². The average molecular weight is 287 g/mol. The van der Waals surface area contributed by atoms with E-state index in [-0.39, 0.29) is 11.9 Å². The van der Waals surface area contributed by atoms with E-state index < -0.39 is 0 Å². The maximum absolute atomic E-state index is 12.3. The van der Waals surface area contributed by atoms with E-state index in [2.05, 4.69) is 15.6 Å². The Morgan fingerprint density at radius 3 is 2.90 bits per heavy atom. The number of amides is 1. The Hall–Kier alpha value is -1.72. The fourth-order valence-electron chi connectivity index (χ4n) is 2.34. The van der Waals surface area contributed by atoms with Crippen molar-refractivity contribution in [3.63, 3.8) is 0 Å². The van der Waals surface area contributed by atoms with Gasteiger partial charge in [0.2, 0.25) is 0 Å². The molecule has 2 aromatic rings. The Morgan fingerprint density at radius 1 is 1.40 bits per heavy atom. The van der Waals surface area contributed by atoms with Crippen LogP contribution >= 0.6 is 11.3 Å². The Balaban J connectivity index is 1.80. The molecule has 1 aliphatic rings. The normalized spacial score (nSPS) is 18.1. The van der Waals surface area contributed by atoms with Crippen LogP contribution in [-0.2, 0) is 0 Å². The van der Waals surface area contributed by atoms with Gasteiger partial charge in [-0.15, -0.1) is 11.3 Å². The molecule has 0 spiro atoms. The van der Waals surface area contributed by atoms with E-state index in [0.717, 1.165) is 40.7 Å². The number of rotatable bonds is 3. The maximum Gasteiger partial charge on any atom is 0.263 e. The summed E-state index contributed by atoms with van der Waals surface area (Å²) in [5.41, 5.74) is 1.86. The molecule has 1 amide bonds. The van der Waals surface area contributed by atoms with E-state index in [0.29, 0.717) is 0 Å². The third-order valence-electron chi connectivity index (χ3n) is 3.42. The van der Waals surface area contributed by atoms with Gasteiger partial charge in [0.1, 0.15) is 9.88 Å². The number of benzene rings is 1. The highest BCUT2D eigenvalue weighted by Gasteiger charge is 2.21. The molecule has 1 aliphatic heterocycles. The summed E-state index contributed by atoms with van der Waals surface area (Å²) in [6.07, 6.45) is 0.995. The Bertz CT molecular complexity index is 603. The number of thiazole rings is 1. The van der Waals surface area contributed by atoms with Crippen LogP contribution in [0.15, 0.2) is 30.3 Å². The molecule has 1 unspecified atom stereocenters. The van der Waals surface area contributed by atoms with Crippen molar-refractivity contribution in [3.8, 4) is 10.6 Å². The number of carbonyl (C=O) groups is 1. The summed E-state index contributed by atoms with van der Waals surface area (Å²) < 4.78 is 0. The van der Waals surface area contributed by atoms with Crippen molar-refractivity contribution in [1.29, 1.82) is 0 Å². The number of nitrogens with zero attached hydrogens (tertiary/aromatic N) is 1. The van der Waals surface area contributed by atoms with Crippen LogP contribution in [0.5, 0.6) is 0 Å². The first kappa shape index (κ1) is 13.3. The van der Waals surface area contributed by atoms with Gasteiger partial charge in [0, 0.05) is 18.2 Å².